The van der Waals surface area contributed by atoms with Crippen molar-refractivity contribution in [2.24, 2.45) is 5.92 Å². The Morgan fingerprint density at radius 3 is 2.35 bits per heavy atom. The number of carbonyl (C=O) groups is 3. The summed E-state index contributed by atoms with van der Waals surface area (Å²) in [5, 5.41) is 11.6. The number of alkyl halides is 1. The van der Waals surface area contributed by atoms with Crippen LogP contribution in [0.3, 0.4) is 0 Å². The van der Waals surface area contributed by atoms with E-state index in [1.54, 1.807) is 0 Å². The standard InChI is InChI=1S/C26H29FN2O5/c27-14-17-6-5-13-29(15-17)25(32)23(11-12-24(30)31)28-26(33)34-16-22-20-9-3-1-7-18(20)19-8-2-4-10-21(19)22/h1-4,7-10,17,22-23H,5-6,11-16H2,(H,28,33)(H,30,31). The predicted molar refractivity (Wildman–Crippen MR) is 124 cm³/mol. The van der Waals surface area contributed by atoms with Crippen molar-refractivity contribution >= 4 is 18.0 Å². The number of nitrogens with zero attached hydrogens (tertiary/aromatic N) is 1. The molecule has 2 atom stereocenters. The van der Waals surface area contributed by atoms with Crippen molar-refractivity contribution in [2.45, 2.75) is 37.6 Å². The lowest BCUT2D eigenvalue weighted by Crippen LogP contribution is -2.51. The Balaban J connectivity index is 1.42. The molecule has 2 aromatic carbocycles. The summed E-state index contributed by atoms with van der Waals surface area (Å²) in [6.07, 6.45) is 0.275. The second kappa shape index (κ2) is 10.7. The van der Waals surface area contributed by atoms with Crippen LogP contribution >= 0.6 is 0 Å². The molecule has 1 fully saturated rings. The number of amides is 2. The first-order valence-electron chi connectivity index (χ1n) is 11.7. The van der Waals surface area contributed by atoms with Gasteiger partial charge in [0.05, 0.1) is 6.67 Å². The maximum absolute atomic E-state index is 13.1. The zero-order valence-corrected chi connectivity index (χ0v) is 18.9. The number of ether oxygens (including phenoxy) is 1. The first kappa shape index (κ1) is 23.7. The molecular weight excluding hydrogens is 439 g/mol. The maximum atomic E-state index is 13.1. The molecule has 4 rings (SSSR count). The molecule has 0 aromatic heterocycles. The number of piperidine rings is 1. The van der Waals surface area contributed by atoms with Crippen LogP contribution in [0.15, 0.2) is 48.5 Å². The number of carbonyl (C=O) groups excluding carboxylic acids is 2. The molecule has 1 aliphatic carbocycles. The smallest absolute Gasteiger partial charge is 0.407 e. The van der Waals surface area contributed by atoms with Gasteiger partial charge in [0.2, 0.25) is 5.91 Å². The molecular formula is C26H29FN2O5. The number of hydrogen-bond donors (Lipinski definition) is 2. The number of rotatable bonds is 8. The predicted octanol–water partition coefficient (Wildman–Crippen LogP) is 3.97. The second-order valence-electron chi connectivity index (χ2n) is 8.90. The number of likely N-dealkylation sites (tertiary alicyclic amines) is 1. The van der Waals surface area contributed by atoms with Gasteiger partial charge in [-0.2, -0.15) is 0 Å². The summed E-state index contributed by atoms with van der Waals surface area (Å²) in [6, 6.07) is 14.9. The van der Waals surface area contributed by atoms with Gasteiger partial charge in [0, 0.05) is 31.3 Å². The third-order valence-corrected chi connectivity index (χ3v) is 6.63. The minimum absolute atomic E-state index is 0.0604. The van der Waals surface area contributed by atoms with E-state index in [1.165, 1.54) is 4.90 Å². The third-order valence-electron chi connectivity index (χ3n) is 6.63. The highest BCUT2D eigenvalue weighted by Crippen LogP contribution is 2.44. The molecule has 2 aliphatic rings. The van der Waals surface area contributed by atoms with Crippen LogP contribution in [-0.2, 0) is 14.3 Å². The van der Waals surface area contributed by atoms with E-state index in [1.807, 2.05) is 48.5 Å². The number of nitrogens with one attached hydrogen (secondary N) is 1. The summed E-state index contributed by atoms with van der Waals surface area (Å²) < 4.78 is 18.7. The minimum Gasteiger partial charge on any atom is -0.481 e. The first-order valence-corrected chi connectivity index (χ1v) is 11.7. The molecule has 1 heterocycles. The molecule has 2 aromatic rings. The maximum Gasteiger partial charge on any atom is 0.407 e. The molecule has 34 heavy (non-hydrogen) atoms. The van der Waals surface area contributed by atoms with Crippen LogP contribution < -0.4 is 5.32 Å². The number of carboxylic acids is 1. The Bertz CT molecular complexity index is 1010. The van der Waals surface area contributed by atoms with Crippen molar-refractivity contribution in [2.75, 3.05) is 26.4 Å². The molecule has 1 aliphatic heterocycles. The van der Waals surface area contributed by atoms with Crippen molar-refractivity contribution in [3.63, 3.8) is 0 Å². The van der Waals surface area contributed by atoms with Crippen molar-refractivity contribution in [1.82, 2.24) is 10.2 Å². The molecule has 7 nitrogen and oxygen atoms in total. The summed E-state index contributed by atoms with van der Waals surface area (Å²) in [6.45, 7) is 0.313. The van der Waals surface area contributed by atoms with Crippen LogP contribution in [0.25, 0.3) is 11.1 Å². The van der Waals surface area contributed by atoms with Gasteiger partial charge in [-0.1, -0.05) is 48.5 Å². The van der Waals surface area contributed by atoms with Crippen LogP contribution in [0.1, 0.15) is 42.7 Å². The van der Waals surface area contributed by atoms with Gasteiger partial charge in [-0.05, 0) is 41.5 Å². The van der Waals surface area contributed by atoms with Crippen molar-refractivity contribution in [3.05, 3.63) is 59.7 Å². The fourth-order valence-corrected chi connectivity index (χ4v) is 4.92. The van der Waals surface area contributed by atoms with Crippen LogP contribution in [0.5, 0.6) is 0 Å². The molecule has 1 saturated heterocycles. The van der Waals surface area contributed by atoms with E-state index in [9.17, 15) is 18.8 Å². The van der Waals surface area contributed by atoms with Crippen molar-refractivity contribution < 1.29 is 28.6 Å². The highest BCUT2D eigenvalue weighted by molar-refractivity contribution is 5.86. The topological polar surface area (TPSA) is 95.9 Å². The van der Waals surface area contributed by atoms with Crippen molar-refractivity contribution in [3.8, 4) is 11.1 Å². The summed E-state index contributed by atoms with van der Waals surface area (Å²) in [5.41, 5.74) is 4.35. The Morgan fingerprint density at radius 1 is 1.09 bits per heavy atom. The Morgan fingerprint density at radius 2 is 1.74 bits per heavy atom. The molecule has 0 radical (unpaired) electrons. The second-order valence-corrected chi connectivity index (χ2v) is 8.90. The average molecular weight is 469 g/mol. The lowest BCUT2D eigenvalue weighted by Gasteiger charge is -2.34. The fourth-order valence-electron chi connectivity index (χ4n) is 4.92. The van der Waals surface area contributed by atoms with Crippen LogP contribution in [0, 0.1) is 5.92 Å². The van der Waals surface area contributed by atoms with Gasteiger partial charge >= 0.3 is 12.1 Å². The lowest BCUT2D eigenvalue weighted by atomic mass is 9.98. The van der Waals surface area contributed by atoms with E-state index in [4.69, 9.17) is 9.84 Å². The molecule has 8 heteroatoms. The van der Waals surface area contributed by atoms with E-state index >= 15 is 0 Å². The molecule has 180 valence electrons. The quantitative estimate of drug-likeness (QED) is 0.611. The zero-order chi connectivity index (χ0) is 24.1. The number of benzene rings is 2. The van der Waals surface area contributed by atoms with Crippen LogP contribution in [0.2, 0.25) is 0 Å². The van der Waals surface area contributed by atoms with Gasteiger partial charge in [0.15, 0.2) is 0 Å². The molecule has 2 amide bonds. The van der Waals surface area contributed by atoms with Gasteiger partial charge < -0.3 is 20.1 Å². The van der Waals surface area contributed by atoms with Crippen LogP contribution in [-0.4, -0.2) is 60.4 Å². The van der Waals surface area contributed by atoms with E-state index in [2.05, 4.69) is 5.32 Å². The SMILES string of the molecule is O=C(O)CCC(NC(=O)OCC1c2ccccc2-c2ccccc21)C(=O)N1CCCC(CF)C1. The molecule has 0 spiro atoms. The van der Waals surface area contributed by atoms with Gasteiger partial charge in [0.25, 0.3) is 0 Å². The van der Waals surface area contributed by atoms with Gasteiger partial charge in [0.1, 0.15) is 12.6 Å². The van der Waals surface area contributed by atoms with E-state index in [-0.39, 0.29) is 37.8 Å². The van der Waals surface area contributed by atoms with Crippen molar-refractivity contribution in [1.29, 1.82) is 0 Å². The van der Waals surface area contributed by atoms with Gasteiger partial charge in [-0.25, -0.2) is 4.79 Å². The third kappa shape index (κ3) is 5.21. The molecule has 2 unspecified atom stereocenters. The van der Waals surface area contributed by atoms with E-state index in [0.717, 1.165) is 22.3 Å². The Labute approximate surface area is 197 Å². The highest BCUT2D eigenvalue weighted by Gasteiger charge is 2.32. The van der Waals surface area contributed by atoms with Gasteiger partial charge in [-0.15, -0.1) is 0 Å². The fraction of sp³-hybridized carbons (Fsp3) is 0.423. The normalized spacial score (nSPS) is 18.0. The van der Waals surface area contributed by atoms with E-state index in [0.29, 0.717) is 19.4 Å². The molecule has 0 bridgehead atoms. The van der Waals surface area contributed by atoms with Crippen LogP contribution in [0.4, 0.5) is 9.18 Å². The number of halogens is 1. The lowest BCUT2D eigenvalue weighted by molar-refractivity contribution is -0.138. The Hall–Kier alpha value is -3.42. The number of hydrogen-bond acceptors (Lipinski definition) is 4. The zero-order valence-electron chi connectivity index (χ0n) is 18.9. The molecule has 2 N–H and O–H groups in total. The van der Waals surface area contributed by atoms with E-state index < -0.39 is 30.7 Å². The minimum atomic E-state index is -1.06. The number of alkyl carbamates (subject to hydrolysis) is 1. The number of carboxylic acid groups (broad SMARTS) is 1. The Kier molecular flexibility index (Phi) is 7.45. The molecule has 0 saturated carbocycles. The first-order chi connectivity index (χ1) is 16.5. The highest BCUT2D eigenvalue weighted by atomic mass is 19.1. The summed E-state index contributed by atoms with van der Waals surface area (Å²) in [4.78, 5) is 38.3. The monoisotopic (exact) mass is 468 g/mol. The summed E-state index contributed by atoms with van der Waals surface area (Å²) in [7, 11) is 0. The van der Waals surface area contributed by atoms with Gasteiger partial charge in [-0.3, -0.25) is 14.0 Å². The summed E-state index contributed by atoms with van der Waals surface area (Å²) in [5.74, 6) is -1.81. The average Bonchev–Trinajstić information content (AvgIpc) is 3.18. The number of fused-ring (bicyclic) bond motifs is 3. The largest absolute Gasteiger partial charge is 0.481 e. The summed E-state index contributed by atoms with van der Waals surface area (Å²) >= 11 is 0. The number of aliphatic carboxylic acids is 1.